The summed E-state index contributed by atoms with van der Waals surface area (Å²) in [4.78, 5) is 12.1. The molecule has 164 valence electrons. The fraction of sp³-hybridized carbons (Fsp3) is 0.360. The van der Waals surface area contributed by atoms with Crippen LogP contribution >= 0.6 is 0 Å². The predicted octanol–water partition coefficient (Wildman–Crippen LogP) is 3.67. The van der Waals surface area contributed by atoms with Crippen molar-refractivity contribution in [1.82, 2.24) is 14.5 Å². The number of fused-ring (bicyclic) bond motifs is 2. The molecule has 32 heavy (non-hydrogen) atoms. The van der Waals surface area contributed by atoms with E-state index in [2.05, 4.69) is 46.3 Å². The van der Waals surface area contributed by atoms with Gasteiger partial charge in [-0.15, -0.1) is 0 Å². The lowest BCUT2D eigenvalue weighted by Crippen LogP contribution is -2.39. The molecular formula is C25H27N5O2. The first-order valence-electron chi connectivity index (χ1n) is 11.4. The van der Waals surface area contributed by atoms with Crippen LogP contribution in [0.25, 0.3) is 27.8 Å². The minimum Gasteiger partial charge on any atom is -0.488 e. The van der Waals surface area contributed by atoms with Crippen molar-refractivity contribution in [2.75, 3.05) is 31.2 Å². The van der Waals surface area contributed by atoms with Gasteiger partial charge in [-0.05, 0) is 43.2 Å². The highest BCUT2D eigenvalue weighted by atomic mass is 16.5. The van der Waals surface area contributed by atoms with Gasteiger partial charge < -0.3 is 20.1 Å². The number of ether oxygens (including phenoxy) is 2. The third-order valence-electron chi connectivity index (χ3n) is 6.52. The average Bonchev–Trinajstić information content (AvgIpc) is 3.49. The molecule has 1 atom stereocenters. The Bertz CT molecular complexity index is 1260. The van der Waals surface area contributed by atoms with E-state index in [1.54, 1.807) is 0 Å². The summed E-state index contributed by atoms with van der Waals surface area (Å²) >= 11 is 0. The number of imidazole rings is 1. The zero-order valence-electron chi connectivity index (χ0n) is 18.0. The van der Waals surface area contributed by atoms with E-state index in [0.29, 0.717) is 12.6 Å². The van der Waals surface area contributed by atoms with Gasteiger partial charge in [0, 0.05) is 37.0 Å². The average molecular weight is 430 g/mol. The van der Waals surface area contributed by atoms with Gasteiger partial charge in [-0.1, -0.05) is 12.1 Å². The predicted molar refractivity (Wildman–Crippen MR) is 126 cm³/mol. The number of para-hydroxylation sites is 1. The summed E-state index contributed by atoms with van der Waals surface area (Å²) in [6.07, 6.45) is 4.92. The SMILES string of the molecule is NC1CCN(c2cccc3ccc(-n4cnc5cc(O[C@H]6CCOC6)ccc54)nc23)CC1. The van der Waals surface area contributed by atoms with Crippen LogP contribution in [0.2, 0.25) is 0 Å². The second kappa shape index (κ2) is 8.07. The molecule has 0 amide bonds. The topological polar surface area (TPSA) is 78.4 Å². The smallest absolute Gasteiger partial charge is 0.139 e. The first-order valence-corrected chi connectivity index (χ1v) is 11.4. The van der Waals surface area contributed by atoms with Gasteiger partial charge in [0.1, 0.15) is 24.0 Å². The van der Waals surface area contributed by atoms with Crippen molar-refractivity contribution in [3.05, 3.63) is 54.9 Å². The highest BCUT2D eigenvalue weighted by molar-refractivity contribution is 5.92. The molecule has 0 bridgehead atoms. The summed E-state index contributed by atoms with van der Waals surface area (Å²) in [6, 6.07) is 16.9. The number of nitrogens with zero attached hydrogens (tertiary/aromatic N) is 4. The summed E-state index contributed by atoms with van der Waals surface area (Å²) in [5, 5.41) is 1.14. The Kier molecular flexibility index (Phi) is 4.92. The number of anilines is 1. The molecule has 0 unspecified atom stereocenters. The van der Waals surface area contributed by atoms with E-state index < -0.39 is 0 Å². The fourth-order valence-corrected chi connectivity index (χ4v) is 4.70. The Labute approximate surface area is 186 Å². The van der Waals surface area contributed by atoms with Gasteiger partial charge in [0.05, 0.1) is 35.5 Å². The lowest BCUT2D eigenvalue weighted by Gasteiger charge is -2.32. The molecule has 4 aromatic rings. The second-order valence-corrected chi connectivity index (χ2v) is 8.71. The van der Waals surface area contributed by atoms with Crippen molar-refractivity contribution in [1.29, 1.82) is 0 Å². The molecule has 0 spiro atoms. The van der Waals surface area contributed by atoms with Crippen LogP contribution in [-0.4, -0.2) is 53.0 Å². The van der Waals surface area contributed by atoms with E-state index in [-0.39, 0.29) is 6.10 Å². The van der Waals surface area contributed by atoms with Crippen molar-refractivity contribution < 1.29 is 9.47 Å². The van der Waals surface area contributed by atoms with E-state index in [0.717, 1.165) is 72.5 Å². The quantitative estimate of drug-likeness (QED) is 0.533. The van der Waals surface area contributed by atoms with Gasteiger partial charge in [0.15, 0.2) is 0 Å². The number of hydrogen-bond acceptors (Lipinski definition) is 6. The summed E-state index contributed by atoms with van der Waals surface area (Å²) in [5.74, 6) is 1.69. The Morgan fingerprint density at radius 2 is 1.94 bits per heavy atom. The second-order valence-electron chi connectivity index (χ2n) is 8.71. The maximum Gasteiger partial charge on any atom is 0.139 e. The number of rotatable bonds is 4. The summed E-state index contributed by atoms with van der Waals surface area (Å²) in [7, 11) is 0. The molecule has 0 radical (unpaired) electrons. The molecule has 2 N–H and O–H groups in total. The Hall–Kier alpha value is -3.16. The van der Waals surface area contributed by atoms with E-state index in [9.17, 15) is 0 Å². The lowest BCUT2D eigenvalue weighted by atomic mass is 10.0. The molecule has 0 aliphatic carbocycles. The van der Waals surface area contributed by atoms with Gasteiger partial charge >= 0.3 is 0 Å². The molecule has 2 aliphatic rings. The largest absolute Gasteiger partial charge is 0.488 e. The van der Waals surface area contributed by atoms with Crippen LogP contribution in [0.3, 0.4) is 0 Å². The van der Waals surface area contributed by atoms with E-state index in [1.165, 1.54) is 5.69 Å². The molecule has 2 fully saturated rings. The molecule has 2 saturated heterocycles. The van der Waals surface area contributed by atoms with Crippen LogP contribution in [0.1, 0.15) is 19.3 Å². The molecule has 4 heterocycles. The monoisotopic (exact) mass is 429 g/mol. The van der Waals surface area contributed by atoms with Gasteiger partial charge in [-0.3, -0.25) is 4.57 Å². The van der Waals surface area contributed by atoms with Crippen LogP contribution in [0.5, 0.6) is 5.75 Å². The highest BCUT2D eigenvalue weighted by Crippen LogP contribution is 2.30. The number of piperidine rings is 1. The molecule has 2 aromatic carbocycles. The van der Waals surface area contributed by atoms with E-state index >= 15 is 0 Å². The standard InChI is InChI=1S/C25H27N5O2/c26-18-8-11-29(12-9-18)23-3-1-2-17-4-7-24(28-25(17)23)30-16-27-21-14-19(5-6-22(21)30)32-20-10-13-31-15-20/h1-7,14,16,18,20H,8-13,15,26H2/t20-/m0/s1. The van der Waals surface area contributed by atoms with Crippen molar-refractivity contribution in [2.24, 2.45) is 5.73 Å². The zero-order chi connectivity index (χ0) is 21.5. The van der Waals surface area contributed by atoms with Gasteiger partial charge in [0.2, 0.25) is 0 Å². The summed E-state index contributed by atoms with van der Waals surface area (Å²) < 4.78 is 13.5. The third kappa shape index (κ3) is 3.57. The van der Waals surface area contributed by atoms with Gasteiger partial charge in [-0.2, -0.15) is 0 Å². The Morgan fingerprint density at radius 1 is 1.03 bits per heavy atom. The molecule has 7 nitrogen and oxygen atoms in total. The van der Waals surface area contributed by atoms with Crippen molar-refractivity contribution in [2.45, 2.75) is 31.4 Å². The number of aromatic nitrogens is 3. The number of nitrogens with two attached hydrogens (primary N) is 1. The van der Waals surface area contributed by atoms with Crippen molar-refractivity contribution in [3.8, 4) is 11.6 Å². The zero-order valence-corrected chi connectivity index (χ0v) is 18.0. The molecule has 2 aliphatic heterocycles. The van der Waals surface area contributed by atoms with Gasteiger partial charge in [0.25, 0.3) is 0 Å². The molecule has 2 aromatic heterocycles. The van der Waals surface area contributed by atoms with Crippen LogP contribution < -0.4 is 15.4 Å². The Balaban J connectivity index is 1.35. The lowest BCUT2D eigenvalue weighted by molar-refractivity contribution is 0.141. The van der Waals surface area contributed by atoms with Crippen molar-refractivity contribution in [3.63, 3.8) is 0 Å². The summed E-state index contributed by atoms with van der Waals surface area (Å²) in [5.41, 5.74) is 10.2. The Morgan fingerprint density at radius 3 is 2.78 bits per heavy atom. The highest BCUT2D eigenvalue weighted by Gasteiger charge is 2.20. The maximum atomic E-state index is 6.12. The number of hydrogen-bond donors (Lipinski definition) is 1. The molecule has 6 rings (SSSR count). The van der Waals surface area contributed by atoms with E-state index in [4.69, 9.17) is 20.2 Å². The van der Waals surface area contributed by atoms with Gasteiger partial charge in [-0.25, -0.2) is 9.97 Å². The molecular weight excluding hydrogens is 402 g/mol. The normalized spacial score (nSPS) is 19.8. The van der Waals surface area contributed by atoms with E-state index in [1.807, 2.05) is 23.0 Å². The first kappa shape index (κ1) is 19.5. The minimum atomic E-state index is 0.124. The first-order chi connectivity index (χ1) is 15.7. The fourth-order valence-electron chi connectivity index (χ4n) is 4.70. The third-order valence-corrected chi connectivity index (χ3v) is 6.52. The number of benzene rings is 2. The summed E-state index contributed by atoms with van der Waals surface area (Å²) in [6.45, 7) is 3.35. The van der Waals surface area contributed by atoms with Crippen molar-refractivity contribution >= 4 is 27.6 Å². The maximum absolute atomic E-state index is 6.12. The van der Waals surface area contributed by atoms with Crippen LogP contribution in [0.4, 0.5) is 5.69 Å². The van der Waals surface area contributed by atoms with Crippen LogP contribution in [-0.2, 0) is 4.74 Å². The molecule has 7 heteroatoms. The number of pyridine rings is 1. The van der Waals surface area contributed by atoms with Crippen LogP contribution in [0, 0.1) is 0 Å². The minimum absolute atomic E-state index is 0.124. The molecule has 0 saturated carbocycles. The van der Waals surface area contributed by atoms with Crippen LogP contribution in [0.15, 0.2) is 54.9 Å².